The topological polar surface area (TPSA) is 0 Å². The van der Waals surface area contributed by atoms with E-state index in [4.69, 9.17) is 0 Å². The summed E-state index contributed by atoms with van der Waals surface area (Å²) in [6, 6.07) is 0. The van der Waals surface area contributed by atoms with E-state index in [9.17, 15) is 0 Å². The molecule has 2 atom stereocenters. The van der Waals surface area contributed by atoms with Gasteiger partial charge in [0.1, 0.15) is 0 Å². The zero-order valence-corrected chi connectivity index (χ0v) is 6.56. The van der Waals surface area contributed by atoms with E-state index in [0.717, 1.165) is 11.8 Å². The third-order valence-corrected chi connectivity index (χ3v) is 2.50. The molecule has 0 saturated heterocycles. The van der Waals surface area contributed by atoms with Crippen LogP contribution in [-0.4, -0.2) is 0 Å². The second kappa shape index (κ2) is 3.24. The van der Waals surface area contributed by atoms with Crippen molar-refractivity contribution in [3.05, 3.63) is 6.42 Å². The molecule has 1 rings (SSSR count). The summed E-state index contributed by atoms with van der Waals surface area (Å²) in [6.07, 6.45) is 8.18. The Morgan fingerprint density at radius 2 is 1.56 bits per heavy atom. The Hall–Kier alpha value is 0. The summed E-state index contributed by atoms with van der Waals surface area (Å²) in [6.45, 7) is 4.58. The molecule has 0 heteroatoms. The molecule has 0 aliphatic heterocycles. The highest BCUT2D eigenvalue weighted by atomic mass is 14.3. The van der Waals surface area contributed by atoms with E-state index in [1.165, 1.54) is 25.7 Å². The molecule has 53 valence electrons. The molecule has 9 heavy (non-hydrogen) atoms. The Bertz CT molecular complexity index is 66.1. The maximum atomic E-state index is 2.56. The zero-order valence-electron chi connectivity index (χ0n) is 6.56. The van der Waals surface area contributed by atoms with Crippen LogP contribution in [0.5, 0.6) is 0 Å². The molecular weight excluding hydrogens is 108 g/mol. The lowest BCUT2D eigenvalue weighted by Gasteiger charge is -2.04. The van der Waals surface area contributed by atoms with Gasteiger partial charge in [0.05, 0.1) is 0 Å². The fourth-order valence-corrected chi connectivity index (χ4v) is 1.69. The highest BCUT2D eigenvalue weighted by Crippen LogP contribution is 2.33. The molecule has 0 N–H and O–H groups in total. The lowest BCUT2D eigenvalue weighted by molar-refractivity contribution is 0.601. The van der Waals surface area contributed by atoms with E-state index in [2.05, 4.69) is 20.3 Å². The van der Waals surface area contributed by atoms with Crippen LogP contribution in [0.3, 0.4) is 0 Å². The van der Waals surface area contributed by atoms with Gasteiger partial charge in [0.2, 0.25) is 0 Å². The monoisotopic (exact) mass is 125 g/mol. The van der Waals surface area contributed by atoms with E-state index in [-0.39, 0.29) is 0 Å². The van der Waals surface area contributed by atoms with Gasteiger partial charge in [0.25, 0.3) is 0 Å². The largest absolute Gasteiger partial charge is 0.0651 e. The first-order valence-electron chi connectivity index (χ1n) is 4.21. The van der Waals surface area contributed by atoms with Crippen molar-refractivity contribution in [1.82, 2.24) is 0 Å². The molecule has 1 aliphatic rings. The van der Waals surface area contributed by atoms with Gasteiger partial charge in [-0.05, 0) is 31.1 Å². The van der Waals surface area contributed by atoms with E-state index < -0.39 is 0 Å². The first-order valence-corrected chi connectivity index (χ1v) is 4.21. The van der Waals surface area contributed by atoms with Gasteiger partial charge in [0, 0.05) is 0 Å². The molecule has 0 bridgehead atoms. The number of hydrogen-bond donors (Lipinski definition) is 0. The lowest BCUT2D eigenvalue weighted by Crippen LogP contribution is -1.94. The van der Waals surface area contributed by atoms with E-state index in [0.29, 0.717) is 0 Å². The van der Waals surface area contributed by atoms with Gasteiger partial charge in [-0.1, -0.05) is 26.7 Å². The summed E-state index contributed by atoms with van der Waals surface area (Å²) in [4.78, 5) is 0. The Kier molecular flexibility index (Phi) is 2.56. The van der Waals surface area contributed by atoms with E-state index >= 15 is 0 Å². The van der Waals surface area contributed by atoms with Crippen molar-refractivity contribution in [2.24, 2.45) is 11.8 Å². The molecule has 0 amide bonds. The van der Waals surface area contributed by atoms with E-state index in [1.807, 2.05) is 0 Å². The van der Waals surface area contributed by atoms with Gasteiger partial charge in [-0.3, -0.25) is 0 Å². The van der Waals surface area contributed by atoms with Crippen molar-refractivity contribution in [2.45, 2.75) is 39.5 Å². The summed E-state index contributed by atoms with van der Waals surface area (Å²) in [5, 5.41) is 0. The zero-order chi connectivity index (χ0) is 6.69. The Balaban J connectivity index is 2.20. The Morgan fingerprint density at radius 1 is 1.11 bits per heavy atom. The highest BCUT2D eigenvalue weighted by Gasteiger charge is 2.21. The highest BCUT2D eigenvalue weighted by molar-refractivity contribution is 4.89. The maximum Gasteiger partial charge on any atom is -0.0324 e. The average Bonchev–Trinajstić information content (AvgIpc) is 2.34. The van der Waals surface area contributed by atoms with Crippen molar-refractivity contribution < 1.29 is 0 Å². The smallest absolute Gasteiger partial charge is 0.0324 e. The molecule has 0 spiro atoms. The van der Waals surface area contributed by atoms with Gasteiger partial charge in [-0.15, -0.1) is 0 Å². The van der Waals surface area contributed by atoms with Crippen LogP contribution in [-0.2, 0) is 0 Å². The molecule has 1 radical (unpaired) electrons. The fraction of sp³-hybridized carbons (Fsp3) is 0.889. The van der Waals surface area contributed by atoms with Gasteiger partial charge in [0.15, 0.2) is 0 Å². The molecular formula is C9H17. The van der Waals surface area contributed by atoms with Crippen molar-refractivity contribution in [3.63, 3.8) is 0 Å². The summed E-state index contributed by atoms with van der Waals surface area (Å²) < 4.78 is 0. The van der Waals surface area contributed by atoms with Gasteiger partial charge >= 0.3 is 0 Å². The van der Waals surface area contributed by atoms with E-state index in [1.54, 1.807) is 0 Å². The average molecular weight is 125 g/mol. The van der Waals surface area contributed by atoms with Crippen molar-refractivity contribution in [2.75, 3.05) is 0 Å². The van der Waals surface area contributed by atoms with Crippen LogP contribution >= 0.6 is 0 Å². The van der Waals surface area contributed by atoms with Gasteiger partial charge in [-0.25, -0.2) is 0 Å². The summed E-state index contributed by atoms with van der Waals surface area (Å²) in [5.74, 6) is 1.91. The molecule has 1 aliphatic carbocycles. The number of rotatable bonds is 2. The van der Waals surface area contributed by atoms with Crippen LogP contribution in [0.15, 0.2) is 0 Å². The minimum absolute atomic E-state index is 0.954. The minimum Gasteiger partial charge on any atom is -0.0651 e. The molecule has 1 saturated carbocycles. The van der Waals surface area contributed by atoms with Gasteiger partial charge < -0.3 is 0 Å². The minimum atomic E-state index is 0.954. The van der Waals surface area contributed by atoms with Crippen LogP contribution in [0.2, 0.25) is 0 Å². The first-order chi connectivity index (χ1) is 4.36. The predicted molar refractivity (Wildman–Crippen MR) is 41.1 cm³/mol. The van der Waals surface area contributed by atoms with Crippen LogP contribution in [0, 0.1) is 18.3 Å². The van der Waals surface area contributed by atoms with Crippen LogP contribution in [0.4, 0.5) is 0 Å². The predicted octanol–water partition coefficient (Wildman–Crippen LogP) is 3.04. The third kappa shape index (κ3) is 1.70. The van der Waals surface area contributed by atoms with Crippen molar-refractivity contribution in [3.8, 4) is 0 Å². The molecule has 0 aromatic heterocycles. The van der Waals surface area contributed by atoms with Gasteiger partial charge in [-0.2, -0.15) is 0 Å². The molecule has 0 heterocycles. The SMILES string of the molecule is CCC1[CH]C(CC)CC1. The quantitative estimate of drug-likeness (QED) is 0.532. The van der Waals surface area contributed by atoms with Crippen molar-refractivity contribution in [1.29, 1.82) is 0 Å². The molecule has 0 aromatic carbocycles. The Labute approximate surface area is 58.7 Å². The summed E-state index contributed by atoms with van der Waals surface area (Å²) >= 11 is 0. The molecule has 0 nitrogen and oxygen atoms in total. The van der Waals surface area contributed by atoms with Crippen LogP contribution in [0.1, 0.15) is 39.5 Å². The lowest BCUT2D eigenvalue weighted by atomic mass is 10.0. The second-order valence-electron chi connectivity index (χ2n) is 3.11. The fourth-order valence-electron chi connectivity index (χ4n) is 1.69. The molecule has 1 fully saturated rings. The second-order valence-corrected chi connectivity index (χ2v) is 3.11. The molecule has 2 unspecified atom stereocenters. The normalized spacial score (nSPS) is 35.3. The maximum absolute atomic E-state index is 2.56. The number of hydrogen-bond acceptors (Lipinski definition) is 0. The van der Waals surface area contributed by atoms with Crippen LogP contribution < -0.4 is 0 Å². The summed E-state index contributed by atoms with van der Waals surface area (Å²) in [7, 11) is 0. The first kappa shape index (κ1) is 7.11. The third-order valence-electron chi connectivity index (χ3n) is 2.50. The Morgan fingerprint density at radius 3 is 1.78 bits per heavy atom. The van der Waals surface area contributed by atoms with Crippen molar-refractivity contribution >= 4 is 0 Å². The molecule has 0 aromatic rings. The standard InChI is InChI=1S/C9H17/c1-3-8-5-6-9(4-2)7-8/h7-9H,3-6H2,1-2H3. The van der Waals surface area contributed by atoms with Crippen LogP contribution in [0.25, 0.3) is 0 Å². The summed E-state index contributed by atoms with van der Waals surface area (Å²) in [5.41, 5.74) is 0.